The smallest absolute Gasteiger partial charge is 0.273 e. The highest BCUT2D eigenvalue weighted by molar-refractivity contribution is 7.92. The Hall–Kier alpha value is -3.13. The molecule has 8 heteroatoms. The van der Waals surface area contributed by atoms with Crippen LogP contribution in [0.15, 0.2) is 65.7 Å². The Kier molecular flexibility index (Phi) is 6.10. The Bertz CT molecular complexity index is 1030. The number of hydrogen-bond acceptors (Lipinski definition) is 4. The Balaban J connectivity index is 1.66. The van der Waals surface area contributed by atoms with Gasteiger partial charge in [0.1, 0.15) is 0 Å². The van der Waals surface area contributed by atoms with Gasteiger partial charge in [-0.1, -0.05) is 49.4 Å². The Morgan fingerprint density at radius 3 is 2.43 bits per heavy atom. The number of rotatable bonds is 8. The Morgan fingerprint density at radius 1 is 1.04 bits per heavy atom. The minimum atomic E-state index is -3.82. The van der Waals surface area contributed by atoms with E-state index in [0.29, 0.717) is 13.0 Å². The van der Waals surface area contributed by atoms with Crippen LogP contribution >= 0.6 is 0 Å². The van der Waals surface area contributed by atoms with E-state index in [-0.39, 0.29) is 16.3 Å². The first-order chi connectivity index (χ1) is 13.5. The van der Waals surface area contributed by atoms with Crippen LogP contribution < -0.4 is 10.0 Å². The molecule has 0 aliphatic carbocycles. The van der Waals surface area contributed by atoms with Gasteiger partial charge in [-0.15, -0.1) is 0 Å². The number of sulfonamides is 1. The molecule has 0 bridgehead atoms. The lowest BCUT2D eigenvalue weighted by Crippen LogP contribution is -2.27. The first-order valence-corrected chi connectivity index (χ1v) is 10.5. The van der Waals surface area contributed by atoms with Gasteiger partial charge in [0.2, 0.25) is 0 Å². The molecule has 1 amide bonds. The van der Waals surface area contributed by atoms with Crippen molar-refractivity contribution in [2.45, 2.75) is 24.7 Å². The maximum absolute atomic E-state index is 12.6. The molecule has 1 heterocycles. The highest BCUT2D eigenvalue weighted by Gasteiger charge is 2.20. The van der Waals surface area contributed by atoms with E-state index in [0.717, 1.165) is 17.5 Å². The molecule has 2 aromatic carbocycles. The summed E-state index contributed by atoms with van der Waals surface area (Å²) in [6, 6.07) is 16.4. The number of carbonyl (C=O) groups is 1. The molecule has 1 aromatic heterocycles. The molecule has 0 aliphatic rings. The minimum Gasteiger partial charge on any atom is -0.350 e. The van der Waals surface area contributed by atoms with Gasteiger partial charge in [0, 0.05) is 12.7 Å². The molecule has 3 rings (SSSR count). The number of H-pyrrole nitrogens is 1. The van der Waals surface area contributed by atoms with Gasteiger partial charge in [0.15, 0.2) is 5.69 Å². The molecule has 0 unspecified atom stereocenters. The van der Waals surface area contributed by atoms with Crippen molar-refractivity contribution < 1.29 is 13.2 Å². The zero-order chi connectivity index (χ0) is 20.0. The molecule has 0 saturated carbocycles. The quantitative estimate of drug-likeness (QED) is 0.543. The van der Waals surface area contributed by atoms with E-state index >= 15 is 0 Å². The fourth-order valence-electron chi connectivity index (χ4n) is 2.70. The third-order valence-corrected chi connectivity index (χ3v) is 5.67. The van der Waals surface area contributed by atoms with Crippen molar-refractivity contribution in [3.05, 3.63) is 77.6 Å². The van der Waals surface area contributed by atoms with Crippen molar-refractivity contribution in [3.63, 3.8) is 0 Å². The number of aromatic amines is 1. The van der Waals surface area contributed by atoms with Crippen molar-refractivity contribution in [2.24, 2.45) is 0 Å². The van der Waals surface area contributed by atoms with Gasteiger partial charge in [-0.3, -0.25) is 14.6 Å². The number of aryl methyl sites for hydroxylation is 1. The lowest BCUT2D eigenvalue weighted by Gasteiger charge is -2.09. The maximum atomic E-state index is 12.6. The molecule has 7 nitrogen and oxygen atoms in total. The van der Waals surface area contributed by atoms with Crippen LogP contribution in [0.25, 0.3) is 0 Å². The van der Waals surface area contributed by atoms with Gasteiger partial charge >= 0.3 is 0 Å². The topological polar surface area (TPSA) is 104 Å². The van der Waals surface area contributed by atoms with Gasteiger partial charge in [0.25, 0.3) is 15.9 Å². The molecule has 0 saturated heterocycles. The number of anilines is 1. The van der Waals surface area contributed by atoms with Crippen LogP contribution in [0.3, 0.4) is 0 Å². The Labute approximate surface area is 164 Å². The zero-order valence-electron chi connectivity index (χ0n) is 15.5. The second-order valence-electron chi connectivity index (χ2n) is 6.24. The highest BCUT2D eigenvalue weighted by Crippen LogP contribution is 2.19. The number of carbonyl (C=O) groups excluding carboxylic acids is 1. The third kappa shape index (κ3) is 4.77. The number of aromatic nitrogens is 2. The van der Waals surface area contributed by atoms with Crippen molar-refractivity contribution in [1.82, 2.24) is 15.5 Å². The second kappa shape index (κ2) is 8.71. The molecule has 0 fully saturated rings. The molecule has 3 N–H and O–H groups in total. The van der Waals surface area contributed by atoms with Gasteiger partial charge in [-0.05, 0) is 36.1 Å². The van der Waals surface area contributed by atoms with Gasteiger partial charge in [0.05, 0.1) is 10.6 Å². The standard InChI is InChI=1S/C20H22N4O3S/c1-2-15-8-10-17(11-9-15)28(26,27)24-18-14-22-23-19(18)20(25)21-13-12-16-6-4-3-5-7-16/h3-11,14,24H,2,12-13H2,1H3,(H,21,25)(H,22,23). The third-order valence-electron chi connectivity index (χ3n) is 4.28. The SMILES string of the molecule is CCc1ccc(S(=O)(=O)Nc2c[nH]nc2C(=O)NCCc2ccccc2)cc1. The van der Waals surface area contributed by atoms with Crippen molar-refractivity contribution >= 4 is 21.6 Å². The summed E-state index contributed by atoms with van der Waals surface area (Å²) in [5.41, 5.74) is 2.25. The second-order valence-corrected chi connectivity index (χ2v) is 7.92. The maximum Gasteiger partial charge on any atom is 0.273 e. The summed E-state index contributed by atoms with van der Waals surface area (Å²) in [5.74, 6) is -0.448. The van der Waals surface area contributed by atoms with E-state index in [9.17, 15) is 13.2 Å². The van der Waals surface area contributed by atoms with Crippen molar-refractivity contribution in [1.29, 1.82) is 0 Å². The van der Waals surface area contributed by atoms with Crippen LogP contribution in [0.5, 0.6) is 0 Å². The summed E-state index contributed by atoms with van der Waals surface area (Å²) in [7, 11) is -3.82. The molecule has 0 aliphatic heterocycles. The fraction of sp³-hybridized carbons (Fsp3) is 0.200. The molecule has 0 radical (unpaired) electrons. The predicted molar refractivity (Wildman–Crippen MR) is 108 cm³/mol. The molecule has 0 spiro atoms. The first kappa shape index (κ1) is 19.6. The van der Waals surface area contributed by atoms with E-state index in [1.165, 1.54) is 6.20 Å². The molecule has 146 valence electrons. The fourth-order valence-corrected chi connectivity index (χ4v) is 3.75. The van der Waals surface area contributed by atoms with Crippen LogP contribution in [0.1, 0.15) is 28.5 Å². The summed E-state index contributed by atoms with van der Waals surface area (Å²) >= 11 is 0. The predicted octanol–water partition coefficient (Wildman–Crippen LogP) is 2.75. The summed E-state index contributed by atoms with van der Waals surface area (Å²) in [5, 5.41) is 9.18. The van der Waals surface area contributed by atoms with E-state index in [4.69, 9.17) is 0 Å². The molecule has 0 atom stereocenters. The number of nitrogens with one attached hydrogen (secondary N) is 3. The van der Waals surface area contributed by atoms with Crippen LogP contribution in [0.2, 0.25) is 0 Å². The molecule has 28 heavy (non-hydrogen) atoms. The van der Waals surface area contributed by atoms with E-state index < -0.39 is 15.9 Å². The van der Waals surface area contributed by atoms with Crippen LogP contribution in [-0.4, -0.2) is 31.1 Å². The number of benzene rings is 2. The number of amides is 1. The lowest BCUT2D eigenvalue weighted by molar-refractivity contribution is 0.0950. The minimum absolute atomic E-state index is 0.00168. The molecule has 3 aromatic rings. The summed E-state index contributed by atoms with van der Waals surface area (Å²) in [4.78, 5) is 12.5. The molecular weight excluding hydrogens is 376 g/mol. The average molecular weight is 398 g/mol. The number of nitrogens with zero attached hydrogens (tertiary/aromatic N) is 1. The average Bonchev–Trinajstić information content (AvgIpc) is 3.16. The van der Waals surface area contributed by atoms with Gasteiger partial charge < -0.3 is 5.32 Å². The van der Waals surface area contributed by atoms with Crippen LogP contribution in [-0.2, 0) is 22.9 Å². The van der Waals surface area contributed by atoms with Crippen LogP contribution in [0, 0.1) is 0 Å². The normalized spacial score (nSPS) is 11.2. The number of hydrogen-bond donors (Lipinski definition) is 3. The summed E-state index contributed by atoms with van der Waals surface area (Å²) < 4.78 is 27.6. The largest absolute Gasteiger partial charge is 0.350 e. The van der Waals surface area contributed by atoms with Crippen molar-refractivity contribution in [3.8, 4) is 0 Å². The van der Waals surface area contributed by atoms with E-state index in [2.05, 4.69) is 20.2 Å². The van der Waals surface area contributed by atoms with Gasteiger partial charge in [-0.2, -0.15) is 5.10 Å². The molecular formula is C20H22N4O3S. The Morgan fingerprint density at radius 2 is 1.75 bits per heavy atom. The summed E-state index contributed by atoms with van der Waals surface area (Å²) in [6.45, 7) is 2.41. The zero-order valence-corrected chi connectivity index (χ0v) is 16.3. The summed E-state index contributed by atoms with van der Waals surface area (Å²) in [6.07, 6.45) is 2.84. The monoisotopic (exact) mass is 398 g/mol. The van der Waals surface area contributed by atoms with Gasteiger partial charge in [-0.25, -0.2) is 8.42 Å². The van der Waals surface area contributed by atoms with Crippen molar-refractivity contribution in [2.75, 3.05) is 11.3 Å². The highest BCUT2D eigenvalue weighted by atomic mass is 32.2. The lowest BCUT2D eigenvalue weighted by atomic mass is 10.1. The van der Waals surface area contributed by atoms with E-state index in [1.54, 1.807) is 24.3 Å². The van der Waals surface area contributed by atoms with E-state index in [1.807, 2.05) is 37.3 Å². The van der Waals surface area contributed by atoms with Crippen LogP contribution in [0.4, 0.5) is 5.69 Å². The first-order valence-electron chi connectivity index (χ1n) is 8.97.